The molecule has 0 radical (unpaired) electrons. The van der Waals surface area contributed by atoms with Gasteiger partial charge >= 0.3 is 5.97 Å². The lowest BCUT2D eigenvalue weighted by molar-refractivity contribution is -0.116. The zero-order valence-corrected chi connectivity index (χ0v) is 17.3. The number of esters is 1. The van der Waals surface area contributed by atoms with Crippen molar-refractivity contribution >= 4 is 23.5 Å². The fourth-order valence-electron chi connectivity index (χ4n) is 3.44. The first-order chi connectivity index (χ1) is 14.5. The molecular weight excluding hydrogens is 384 g/mol. The van der Waals surface area contributed by atoms with Crippen LogP contribution < -0.4 is 20.7 Å². The van der Waals surface area contributed by atoms with E-state index in [0.29, 0.717) is 36.8 Å². The van der Waals surface area contributed by atoms with Crippen LogP contribution in [-0.2, 0) is 16.1 Å². The van der Waals surface area contributed by atoms with E-state index in [2.05, 4.69) is 20.9 Å². The lowest BCUT2D eigenvalue weighted by atomic mass is 9.90. The van der Waals surface area contributed by atoms with Crippen LogP contribution in [0.4, 0.5) is 5.69 Å². The summed E-state index contributed by atoms with van der Waals surface area (Å²) >= 11 is 0. The highest BCUT2D eigenvalue weighted by Gasteiger charge is 2.24. The molecule has 0 aromatic heterocycles. The van der Waals surface area contributed by atoms with Crippen molar-refractivity contribution in [3.8, 4) is 5.75 Å². The molecule has 0 saturated heterocycles. The molecule has 3 N–H and O–H groups in total. The number of anilines is 1. The molecule has 0 bridgehead atoms. The predicted molar refractivity (Wildman–Crippen MR) is 115 cm³/mol. The molecule has 30 heavy (non-hydrogen) atoms. The molecule has 8 nitrogen and oxygen atoms in total. The zero-order chi connectivity index (χ0) is 21.5. The van der Waals surface area contributed by atoms with Crippen LogP contribution in [-0.4, -0.2) is 45.6 Å². The standard InChI is InChI=1S/C22H26N4O4/c1-23-22(24-12-14-8-9-19(29-2)17(10-14)21(28)30-3)25-13-15-11-20(27)26-18-7-5-4-6-16(15)18/h4-10,15H,11-13H2,1-3H3,(H,26,27)(H2,23,24,25). The summed E-state index contributed by atoms with van der Waals surface area (Å²) in [5.41, 5.74) is 3.21. The highest BCUT2D eigenvalue weighted by Crippen LogP contribution is 2.31. The van der Waals surface area contributed by atoms with Crippen molar-refractivity contribution in [1.82, 2.24) is 10.6 Å². The number of para-hydroxylation sites is 1. The van der Waals surface area contributed by atoms with Gasteiger partial charge in [0.15, 0.2) is 5.96 Å². The van der Waals surface area contributed by atoms with Gasteiger partial charge in [-0.05, 0) is 29.3 Å². The van der Waals surface area contributed by atoms with E-state index in [1.807, 2.05) is 30.3 Å². The minimum atomic E-state index is -0.453. The Kier molecular flexibility index (Phi) is 6.90. The molecule has 1 aliphatic rings. The number of nitrogens with zero attached hydrogens (tertiary/aromatic N) is 1. The average molecular weight is 410 g/mol. The highest BCUT2D eigenvalue weighted by molar-refractivity contribution is 5.95. The van der Waals surface area contributed by atoms with E-state index in [1.165, 1.54) is 14.2 Å². The van der Waals surface area contributed by atoms with E-state index in [0.717, 1.165) is 16.8 Å². The molecule has 3 rings (SSSR count). The number of aliphatic imine (C=N–C) groups is 1. The summed E-state index contributed by atoms with van der Waals surface area (Å²) in [5.74, 6) is 0.680. The summed E-state index contributed by atoms with van der Waals surface area (Å²) < 4.78 is 10.0. The van der Waals surface area contributed by atoms with E-state index in [9.17, 15) is 9.59 Å². The number of nitrogens with one attached hydrogen (secondary N) is 3. The smallest absolute Gasteiger partial charge is 0.341 e. The summed E-state index contributed by atoms with van der Waals surface area (Å²) in [5, 5.41) is 9.42. The number of fused-ring (bicyclic) bond motifs is 1. The Morgan fingerprint density at radius 2 is 2.00 bits per heavy atom. The third-order valence-electron chi connectivity index (χ3n) is 4.98. The van der Waals surface area contributed by atoms with Crippen molar-refractivity contribution in [2.75, 3.05) is 33.1 Å². The van der Waals surface area contributed by atoms with Crippen molar-refractivity contribution in [2.24, 2.45) is 4.99 Å². The molecular formula is C22H26N4O4. The van der Waals surface area contributed by atoms with Crippen LogP contribution >= 0.6 is 0 Å². The van der Waals surface area contributed by atoms with Crippen molar-refractivity contribution in [2.45, 2.75) is 18.9 Å². The van der Waals surface area contributed by atoms with E-state index < -0.39 is 5.97 Å². The number of ether oxygens (including phenoxy) is 2. The van der Waals surface area contributed by atoms with E-state index in [-0.39, 0.29) is 11.8 Å². The number of benzene rings is 2. The third-order valence-corrected chi connectivity index (χ3v) is 4.98. The minimum Gasteiger partial charge on any atom is -0.496 e. The molecule has 1 atom stereocenters. The van der Waals surface area contributed by atoms with Gasteiger partial charge in [-0.3, -0.25) is 9.79 Å². The zero-order valence-electron chi connectivity index (χ0n) is 17.3. The van der Waals surface area contributed by atoms with Crippen molar-refractivity contribution < 1.29 is 19.1 Å². The molecule has 1 amide bonds. The molecule has 0 aliphatic carbocycles. The van der Waals surface area contributed by atoms with Crippen LogP contribution in [0.5, 0.6) is 5.75 Å². The molecule has 8 heteroatoms. The first-order valence-corrected chi connectivity index (χ1v) is 9.64. The van der Waals surface area contributed by atoms with Gasteiger partial charge in [0.2, 0.25) is 5.91 Å². The SMILES string of the molecule is CN=C(NCc1ccc(OC)c(C(=O)OC)c1)NCC1CC(=O)Nc2ccccc21. The lowest BCUT2D eigenvalue weighted by Gasteiger charge is -2.26. The normalized spacial score (nSPS) is 15.6. The Morgan fingerprint density at radius 3 is 2.73 bits per heavy atom. The Morgan fingerprint density at radius 1 is 1.20 bits per heavy atom. The molecule has 0 spiro atoms. The number of guanidine groups is 1. The summed E-state index contributed by atoms with van der Waals surface area (Å²) in [7, 11) is 4.53. The van der Waals surface area contributed by atoms with E-state index >= 15 is 0 Å². The van der Waals surface area contributed by atoms with Gasteiger partial charge in [-0.15, -0.1) is 0 Å². The maximum Gasteiger partial charge on any atom is 0.341 e. The maximum atomic E-state index is 12.0. The van der Waals surface area contributed by atoms with Crippen LogP contribution in [0.15, 0.2) is 47.5 Å². The Bertz CT molecular complexity index is 958. The number of hydrogen-bond acceptors (Lipinski definition) is 5. The first-order valence-electron chi connectivity index (χ1n) is 9.64. The van der Waals surface area contributed by atoms with Crippen LogP contribution in [0.3, 0.4) is 0 Å². The number of methoxy groups -OCH3 is 2. The van der Waals surface area contributed by atoms with Gasteiger partial charge in [-0.25, -0.2) is 4.79 Å². The number of amides is 1. The Hall–Kier alpha value is -3.55. The van der Waals surface area contributed by atoms with Crippen LogP contribution in [0.1, 0.15) is 33.8 Å². The Labute approximate surface area is 175 Å². The van der Waals surface area contributed by atoms with Gasteiger partial charge in [0.1, 0.15) is 11.3 Å². The number of rotatable bonds is 6. The van der Waals surface area contributed by atoms with E-state index in [1.54, 1.807) is 19.2 Å². The molecule has 2 aromatic carbocycles. The average Bonchev–Trinajstić information content (AvgIpc) is 2.78. The fraction of sp³-hybridized carbons (Fsp3) is 0.318. The molecule has 1 unspecified atom stereocenters. The topological polar surface area (TPSA) is 101 Å². The number of carbonyl (C=O) groups excluding carboxylic acids is 2. The second-order valence-electron chi connectivity index (χ2n) is 6.87. The van der Waals surface area contributed by atoms with Gasteiger partial charge in [0, 0.05) is 38.2 Å². The molecule has 0 saturated carbocycles. The fourth-order valence-corrected chi connectivity index (χ4v) is 3.44. The van der Waals surface area contributed by atoms with Gasteiger partial charge < -0.3 is 25.4 Å². The van der Waals surface area contributed by atoms with Gasteiger partial charge in [-0.2, -0.15) is 0 Å². The minimum absolute atomic E-state index is 0.0111. The summed E-state index contributed by atoms with van der Waals surface area (Å²) in [4.78, 5) is 28.2. The van der Waals surface area contributed by atoms with Gasteiger partial charge in [-0.1, -0.05) is 24.3 Å². The molecule has 2 aromatic rings. The molecule has 1 aliphatic heterocycles. The second-order valence-corrected chi connectivity index (χ2v) is 6.87. The first kappa shape index (κ1) is 21.2. The van der Waals surface area contributed by atoms with Gasteiger partial charge in [0.05, 0.1) is 14.2 Å². The van der Waals surface area contributed by atoms with Crippen LogP contribution in [0.2, 0.25) is 0 Å². The van der Waals surface area contributed by atoms with Crippen LogP contribution in [0, 0.1) is 0 Å². The number of hydrogen-bond donors (Lipinski definition) is 3. The van der Waals surface area contributed by atoms with Crippen molar-refractivity contribution in [3.05, 3.63) is 59.2 Å². The third kappa shape index (κ3) is 4.89. The molecule has 1 heterocycles. The maximum absolute atomic E-state index is 12.0. The van der Waals surface area contributed by atoms with Crippen LogP contribution in [0.25, 0.3) is 0 Å². The van der Waals surface area contributed by atoms with E-state index in [4.69, 9.17) is 9.47 Å². The summed E-state index contributed by atoms with van der Waals surface area (Å²) in [6, 6.07) is 13.2. The second kappa shape index (κ2) is 9.78. The summed E-state index contributed by atoms with van der Waals surface area (Å²) in [6.45, 7) is 1.02. The summed E-state index contributed by atoms with van der Waals surface area (Å²) in [6.07, 6.45) is 0.419. The Balaban J connectivity index is 1.62. The van der Waals surface area contributed by atoms with Crippen molar-refractivity contribution in [1.29, 1.82) is 0 Å². The molecule has 158 valence electrons. The molecule has 0 fully saturated rings. The lowest BCUT2D eigenvalue weighted by Crippen LogP contribution is -2.40. The quantitative estimate of drug-likeness (QED) is 0.384. The number of carbonyl (C=O) groups is 2. The predicted octanol–water partition coefficient (Wildman–Crippen LogP) is 2.27. The highest BCUT2D eigenvalue weighted by atomic mass is 16.5. The largest absolute Gasteiger partial charge is 0.496 e. The monoisotopic (exact) mass is 410 g/mol. The van der Waals surface area contributed by atoms with Gasteiger partial charge in [0.25, 0.3) is 0 Å². The van der Waals surface area contributed by atoms with Crippen molar-refractivity contribution in [3.63, 3.8) is 0 Å².